The van der Waals surface area contributed by atoms with Crippen molar-refractivity contribution in [2.75, 3.05) is 11.4 Å². The first-order valence-corrected chi connectivity index (χ1v) is 13.2. The summed E-state index contributed by atoms with van der Waals surface area (Å²) in [6.07, 6.45) is 1.09. The highest BCUT2D eigenvalue weighted by atomic mass is 32.1. The van der Waals surface area contributed by atoms with Crippen molar-refractivity contribution >= 4 is 28.8 Å². The number of thiazole rings is 1. The Morgan fingerprint density at radius 2 is 1.83 bits per heavy atom. The second-order valence-electron chi connectivity index (χ2n) is 9.16. The number of rotatable bonds is 7. The van der Waals surface area contributed by atoms with E-state index < -0.39 is 0 Å². The van der Waals surface area contributed by atoms with Crippen LogP contribution in [0.25, 0.3) is 21.8 Å². The zero-order chi connectivity index (χ0) is 25.1. The Balaban J connectivity index is 1.24. The van der Waals surface area contributed by atoms with Crippen molar-refractivity contribution < 1.29 is 9.59 Å². The molecule has 0 aliphatic carbocycles. The Morgan fingerprint density at radius 1 is 1.06 bits per heavy atom. The average Bonchev–Trinajstić information content (AvgIpc) is 3.55. The van der Waals surface area contributed by atoms with Crippen molar-refractivity contribution in [1.82, 2.24) is 10.3 Å². The first-order valence-electron chi connectivity index (χ1n) is 12.3. The third-order valence-corrected chi connectivity index (χ3v) is 7.57. The van der Waals surface area contributed by atoms with E-state index in [1.807, 2.05) is 55.5 Å². The van der Waals surface area contributed by atoms with E-state index in [-0.39, 0.29) is 24.2 Å². The van der Waals surface area contributed by atoms with E-state index >= 15 is 0 Å². The molecule has 1 N–H and O–H groups in total. The van der Waals surface area contributed by atoms with Crippen LogP contribution in [0, 0.1) is 12.8 Å². The van der Waals surface area contributed by atoms with Crippen molar-refractivity contribution in [3.8, 4) is 21.8 Å². The molecule has 1 aliphatic heterocycles. The number of amides is 2. The highest BCUT2D eigenvalue weighted by molar-refractivity contribution is 7.13. The fourth-order valence-electron chi connectivity index (χ4n) is 4.79. The quantitative estimate of drug-likeness (QED) is 0.341. The molecule has 5 nitrogen and oxygen atoms in total. The molecule has 5 rings (SSSR count). The Bertz CT molecular complexity index is 1400. The predicted octanol–water partition coefficient (Wildman–Crippen LogP) is 6.02. The number of hydrogen-bond donors (Lipinski definition) is 1. The lowest BCUT2D eigenvalue weighted by Crippen LogP contribution is -2.33. The van der Waals surface area contributed by atoms with Gasteiger partial charge in [-0.25, -0.2) is 4.98 Å². The first kappa shape index (κ1) is 23.9. The van der Waals surface area contributed by atoms with Crippen molar-refractivity contribution in [2.45, 2.75) is 33.2 Å². The molecule has 1 aliphatic rings. The third-order valence-electron chi connectivity index (χ3n) is 6.68. The van der Waals surface area contributed by atoms with Gasteiger partial charge < -0.3 is 10.2 Å². The number of benzene rings is 3. The maximum Gasteiger partial charge on any atom is 0.227 e. The van der Waals surface area contributed by atoms with Gasteiger partial charge in [0.2, 0.25) is 11.8 Å². The summed E-state index contributed by atoms with van der Waals surface area (Å²) in [5.41, 5.74) is 7.27. The van der Waals surface area contributed by atoms with Gasteiger partial charge in [-0.05, 0) is 36.1 Å². The lowest BCUT2D eigenvalue weighted by molar-refractivity contribution is -0.126. The molecular formula is C30H29N3O2S. The van der Waals surface area contributed by atoms with Crippen molar-refractivity contribution in [3.63, 3.8) is 0 Å². The van der Waals surface area contributed by atoms with Crippen LogP contribution in [0.1, 0.15) is 30.0 Å². The number of carbonyl (C=O) groups excluding carboxylic acids is 2. The molecule has 3 aromatic carbocycles. The summed E-state index contributed by atoms with van der Waals surface area (Å²) in [5.74, 6) is -0.417. The van der Waals surface area contributed by atoms with Gasteiger partial charge in [0, 0.05) is 41.7 Å². The molecular weight excluding hydrogens is 466 g/mol. The van der Waals surface area contributed by atoms with E-state index in [9.17, 15) is 9.59 Å². The van der Waals surface area contributed by atoms with Crippen LogP contribution >= 0.6 is 11.3 Å². The molecule has 4 aromatic rings. The number of anilines is 1. The predicted molar refractivity (Wildman–Crippen MR) is 146 cm³/mol. The topological polar surface area (TPSA) is 62.3 Å². The Hall–Kier alpha value is -3.77. The minimum absolute atomic E-state index is 0.0131. The molecule has 1 atom stereocenters. The molecule has 2 amide bonds. The lowest BCUT2D eigenvalue weighted by Gasteiger charge is -2.22. The smallest absolute Gasteiger partial charge is 0.227 e. The molecule has 0 bridgehead atoms. The highest BCUT2D eigenvalue weighted by Gasteiger charge is 2.36. The second-order valence-corrected chi connectivity index (χ2v) is 10.0. The summed E-state index contributed by atoms with van der Waals surface area (Å²) in [6.45, 7) is 4.95. The molecule has 0 spiro atoms. The van der Waals surface area contributed by atoms with E-state index in [1.165, 1.54) is 0 Å². The summed E-state index contributed by atoms with van der Waals surface area (Å²) < 4.78 is 0. The van der Waals surface area contributed by atoms with Crippen LogP contribution < -0.4 is 10.2 Å². The summed E-state index contributed by atoms with van der Waals surface area (Å²) in [7, 11) is 0. The van der Waals surface area contributed by atoms with Crippen molar-refractivity contribution in [1.29, 1.82) is 0 Å². The molecule has 0 radical (unpaired) electrons. The Labute approximate surface area is 215 Å². The van der Waals surface area contributed by atoms with Crippen LogP contribution in [-0.2, 0) is 22.6 Å². The lowest BCUT2D eigenvalue weighted by atomic mass is 10.0. The zero-order valence-corrected chi connectivity index (χ0v) is 21.3. The number of nitrogens with one attached hydrogen (secondary N) is 1. The van der Waals surface area contributed by atoms with Gasteiger partial charge in [0.25, 0.3) is 0 Å². The molecule has 182 valence electrons. The molecule has 0 saturated carbocycles. The summed E-state index contributed by atoms with van der Waals surface area (Å²) in [4.78, 5) is 32.4. The van der Waals surface area contributed by atoms with E-state index in [2.05, 4.69) is 41.9 Å². The minimum Gasteiger partial charge on any atom is -0.352 e. The molecule has 1 saturated heterocycles. The number of hydrogen-bond acceptors (Lipinski definition) is 4. The number of aromatic nitrogens is 1. The molecule has 6 heteroatoms. The number of nitrogens with zero attached hydrogens (tertiary/aromatic N) is 2. The van der Waals surface area contributed by atoms with Gasteiger partial charge in [-0.15, -0.1) is 11.3 Å². The van der Waals surface area contributed by atoms with Gasteiger partial charge in [-0.1, -0.05) is 73.7 Å². The molecule has 1 aromatic heterocycles. The van der Waals surface area contributed by atoms with Crippen LogP contribution in [0.3, 0.4) is 0 Å². The fraction of sp³-hybridized carbons (Fsp3) is 0.233. The molecule has 1 fully saturated rings. The monoisotopic (exact) mass is 495 g/mol. The Morgan fingerprint density at radius 3 is 2.64 bits per heavy atom. The van der Waals surface area contributed by atoms with Gasteiger partial charge in [0.1, 0.15) is 5.01 Å². The summed E-state index contributed by atoms with van der Waals surface area (Å²) >= 11 is 1.61. The van der Waals surface area contributed by atoms with Crippen LogP contribution in [-0.4, -0.2) is 23.3 Å². The van der Waals surface area contributed by atoms with Gasteiger partial charge in [-0.2, -0.15) is 0 Å². The van der Waals surface area contributed by atoms with E-state index in [0.717, 1.165) is 50.6 Å². The SMILES string of the molecule is CCc1cccc(C)c1N1CC(C(=O)NCc2cccc(-c3nc(-c4ccccc4)cs3)c2)CC1=O. The standard InChI is InChI=1S/C30H29N3O2S/c1-3-22-13-7-9-20(2)28(22)33-18-25(16-27(33)34)29(35)31-17-21-10-8-14-24(15-21)30-32-26(19-36-30)23-11-5-4-6-12-23/h4-15,19,25H,3,16-18H2,1-2H3,(H,31,35). The van der Waals surface area contributed by atoms with Crippen molar-refractivity contribution in [3.05, 3.63) is 94.9 Å². The molecule has 2 heterocycles. The second kappa shape index (κ2) is 10.5. The van der Waals surface area contributed by atoms with Crippen molar-refractivity contribution in [2.24, 2.45) is 5.92 Å². The number of para-hydroxylation sites is 1. The molecule has 36 heavy (non-hydrogen) atoms. The van der Waals surface area contributed by atoms with Crippen LogP contribution in [0.5, 0.6) is 0 Å². The largest absolute Gasteiger partial charge is 0.352 e. The molecule has 1 unspecified atom stereocenters. The van der Waals surface area contributed by atoms with Gasteiger partial charge in [0.05, 0.1) is 11.6 Å². The fourth-order valence-corrected chi connectivity index (χ4v) is 5.61. The minimum atomic E-state index is -0.350. The van der Waals surface area contributed by atoms with E-state index in [1.54, 1.807) is 16.2 Å². The Kier molecular flexibility index (Phi) is 6.96. The number of carbonyl (C=O) groups is 2. The van der Waals surface area contributed by atoms with Crippen LogP contribution in [0.2, 0.25) is 0 Å². The van der Waals surface area contributed by atoms with Crippen LogP contribution in [0.15, 0.2) is 78.2 Å². The number of aryl methyl sites for hydroxylation is 2. The first-order chi connectivity index (χ1) is 17.5. The van der Waals surface area contributed by atoms with E-state index in [4.69, 9.17) is 4.98 Å². The van der Waals surface area contributed by atoms with Crippen LogP contribution in [0.4, 0.5) is 5.69 Å². The van der Waals surface area contributed by atoms with Gasteiger partial charge in [0.15, 0.2) is 0 Å². The maximum absolute atomic E-state index is 13.0. The van der Waals surface area contributed by atoms with Gasteiger partial charge in [-0.3, -0.25) is 9.59 Å². The van der Waals surface area contributed by atoms with E-state index in [0.29, 0.717) is 13.1 Å². The van der Waals surface area contributed by atoms with Gasteiger partial charge >= 0.3 is 0 Å². The average molecular weight is 496 g/mol. The normalized spacial score (nSPS) is 15.3. The third kappa shape index (κ3) is 4.95. The summed E-state index contributed by atoms with van der Waals surface area (Å²) in [5, 5.41) is 6.07. The maximum atomic E-state index is 13.0. The summed E-state index contributed by atoms with van der Waals surface area (Å²) in [6, 6.07) is 24.3. The zero-order valence-electron chi connectivity index (χ0n) is 20.5. The highest BCUT2D eigenvalue weighted by Crippen LogP contribution is 2.32.